The van der Waals surface area contributed by atoms with Crippen LogP contribution in [0.15, 0.2) is 84.2 Å². The fourth-order valence-electron chi connectivity index (χ4n) is 3.42. The van der Waals surface area contributed by atoms with E-state index in [-0.39, 0.29) is 5.82 Å². The van der Waals surface area contributed by atoms with Crippen molar-refractivity contribution in [3.8, 4) is 5.75 Å². The van der Waals surface area contributed by atoms with Crippen molar-refractivity contribution in [1.29, 1.82) is 0 Å². The summed E-state index contributed by atoms with van der Waals surface area (Å²) >= 11 is 1.66. The molecule has 0 unspecified atom stereocenters. The largest absolute Gasteiger partial charge is 0.489 e. The number of nitrogens with zero attached hydrogens (tertiary/aromatic N) is 2. The van der Waals surface area contributed by atoms with Gasteiger partial charge in [0.25, 0.3) is 0 Å². The van der Waals surface area contributed by atoms with Gasteiger partial charge in [0.2, 0.25) is 0 Å². The van der Waals surface area contributed by atoms with Crippen molar-refractivity contribution in [1.82, 2.24) is 9.88 Å². The third-order valence-electron chi connectivity index (χ3n) is 4.90. The Labute approximate surface area is 186 Å². The average Bonchev–Trinajstić information content (AvgIpc) is 3.18. The van der Waals surface area contributed by atoms with E-state index in [4.69, 9.17) is 4.74 Å². The van der Waals surface area contributed by atoms with Crippen molar-refractivity contribution in [3.05, 3.63) is 117 Å². The Hall–Kier alpha value is -3.02. The van der Waals surface area contributed by atoms with E-state index in [9.17, 15) is 4.39 Å². The molecule has 0 saturated carbocycles. The quantitative estimate of drug-likeness (QED) is 0.307. The number of aryl methyl sites for hydroxylation is 1. The smallest absolute Gasteiger partial charge is 0.123 e. The van der Waals surface area contributed by atoms with Crippen LogP contribution in [0.4, 0.5) is 4.39 Å². The lowest BCUT2D eigenvalue weighted by Gasteiger charge is -2.22. The summed E-state index contributed by atoms with van der Waals surface area (Å²) in [7, 11) is 0. The molecule has 1 aromatic heterocycles. The monoisotopic (exact) mass is 432 g/mol. The second-order valence-electron chi connectivity index (χ2n) is 7.58. The fourth-order valence-corrected chi connectivity index (χ4v) is 4.23. The maximum atomic E-state index is 13.7. The van der Waals surface area contributed by atoms with Gasteiger partial charge in [-0.3, -0.25) is 4.90 Å². The molecule has 0 aliphatic carbocycles. The molecule has 0 saturated heterocycles. The third kappa shape index (κ3) is 6.48. The second kappa shape index (κ2) is 10.3. The van der Waals surface area contributed by atoms with Crippen LogP contribution in [0.3, 0.4) is 0 Å². The van der Waals surface area contributed by atoms with E-state index >= 15 is 0 Å². The molecule has 0 bridgehead atoms. The number of hydrogen-bond acceptors (Lipinski definition) is 4. The lowest BCUT2D eigenvalue weighted by molar-refractivity contribution is 0.246. The van der Waals surface area contributed by atoms with Crippen LogP contribution >= 0.6 is 11.3 Å². The van der Waals surface area contributed by atoms with Crippen LogP contribution in [-0.4, -0.2) is 9.88 Å². The maximum Gasteiger partial charge on any atom is 0.123 e. The normalized spacial score (nSPS) is 11.1. The summed E-state index contributed by atoms with van der Waals surface area (Å²) in [5.41, 5.74) is 4.31. The van der Waals surface area contributed by atoms with E-state index in [0.29, 0.717) is 13.2 Å². The number of halogens is 1. The summed E-state index contributed by atoms with van der Waals surface area (Å²) in [6.07, 6.45) is 0. The Bertz CT molecular complexity index is 1100. The summed E-state index contributed by atoms with van der Waals surface area (Å²) in [5.74, 6) is 0.641. The second-order valence-corrected chi connectivity index (χ2v) is 8.52. The predicted molar refractivity (Wildman–Crippen MR) is 123 cm³/mol. The molecule has 0 aliphatic heterocycles. The standard InChI is InChI=1S/C26H25FN2OS/c1-20-19-31-26(28-20)17-29(16-23-8-5-9-24(27)14-23)15-21-10-12-25(13-11-21)30-18-22-6-3-2-4-7-22/h2-14,19H,15-18H2,1H3. The van der Waals surface area contributed by atoms with E-state index in [0.717, 1.165) is 40.7 Å². The van der Waals surface area contributed by atoms with Crippen LogP contribution in [0, 0.1) is 12.7 Å². The van der Waals surface area contributed by atoms with Crippen molar-refractivity contribution in [2.75, 3.05) is 0 Å². The van der Waals surface area contributed by atoms with Gasteiger partial charge in [-0.2, -0.15) is 0 Å². The molecule has 4 rings (SSSR count). The van der Waals surface area contributed by atoms with E-state index in [1.54, 1.807) is 23.5 Å². The van der Waals surface area contributed by atoms with Gasteiger partial charge in [0.05, 0.1) is 6.54 Å². The van der Waals surface area contributed by atoms with Gasteiger partial charge in [0.1, 0.15) is 23.2 Å². The Balaban J connectivity index is 1.42. The van der Waals surface area contributed by atoms with Crippen molar-refractivity contribution >= 4 is 11.3 Å². The molecule has 31 heavy (non-hydrogen) atoms. The fraction of sp³-hybridized carbons (Fsp3) is 0.192. The van der Waals surface area contributed by atoms with Crippen molar-refractivity contribution in [2.24, 2.45) is 0 Å². The van der Waals surface area contributed by atoms with Crippen molar-refractivity contribution < 1.29 is 9.13 Å². The van der Waals surface area contributed by atoms with Crippen molar-refractivity contribution in [3.63, 3.8) is 0 Å². The summed E-state index contributed by atoms with van der Waals surface area (Å²) < 4.78 is 19.6. The highest BCUT2D eigenvalue weighted by Gasteiger charge is 2.11. The van der Waals surface area contributed by atoms with Gasteiger partial charge < -0.3 is 4.74 Å². The summed E-state index contributed by atoms with van der Waals surface area (Å²) in [4.78, 5) is 6.89. The van der Waals surface area contributed by atoms with E-state index < -0.39 is 0 Å². The van der Waals surface area contributed by atoms with Gasteiger partial charge in [-0.1, -0.05) is 54.6 Å². The number of rotatable bonds is 9. The number of ether oxygens (including phenoxy) is 1. The molecule has 0 radical (unpaired) electrons. The molecule has 5 heteroatoms. The van der Waals surface area contributed by atoms with Crippen LogP contribution in [0.2, 0.25) is 0 Å². The number of aromatic nitrogens is 1. The molecule has 0 fully saturated rings. The van der Waals surface area contributed by atoms with Crippen LogP contribution in [0.25, 0.3) is 0 Å². The van der Waals surface area contributed by atoms with Crippen LogP contribution < -0.4 is 4.74 Å². The summed E-state index contributed by atoms with van der Waals surface area (Å²) in [6.45, 7) is 4.68. The first-order valence-corrected chi connectivity index (χ1v) is 11.2. The highest BCUT2D eigenvalue weighted by Crippen LogP contribution is 2.20. The molecular formula is C26H25FN2OS. The average molecular weight is 433 g/mol. The minimum atomic E-state index is -0.206. The first-order valence-electron chi connectivity index (χ1n) is 10.3. The van der Waals surface area contributed by atoms with Crippen molar-refractivity contribution in [2.45, 2.75) is 33.2 Å². The SMILES string of the molecule is Cc1csc(CN(Cc2ccc(OCc3ccccc3)cc2)Cc2cccc(F)c2)n1. The van der Waals surface area contributed by atoms with E-state index in [2.05, 4.69) is 39.5 Å². The highest BCUT2D eigenvalue weighted by molar-refractivity contribution is 7.09. The minimum Gasteiger partial charge on any atom is -0.489 e. The lowest BCUT2D eigenvalue weighted by Crippen LogP contribution is -2.22. The number of benzene rings is 3. The van der Waals surface area contributed by atoms with E-state index in [1.165, 1.54) is 11.6 Å². The van der Waals surface area contributed by atoms with Gasteiger partial charge in [-0.25, -0.2) is 9.37 Å². The lowest BCUT2D eigenvalue weighted by atomic mass is 10.1. The molecule has 158 valence electrons. The highest BCUT2D eigenvalue weighted by atomic mass is 32.1. The summed E-state index contributed by atoms with van der Waals surface area (Å²) in [5, 5.41) is 3.13. The molecule has 0 spiro atoms. The molecular weight excluding hydrogens is 407 g/mol. The molecule has 1 heterocycles. The molecule has 0 amide bonds. The predicted octanol–water partition coefficient (Wildman–Crippen LogP) is 6.37. The zero-order valence-electron chi connectivity index (χ0n) is 17.5. The molecule has 0 atom stereocenters. The third-order valence-corrected chi connectivity index (χ3v) is 5.85. The number of hydrogen-bond donors (Lipinski definition) is 0. The van der Waals surface area contributed by atoms with E-state index in [1.807, 2.05) is 43.3 Å². The Morgan fingerprint density at radius 2 is 1.58 bits per heavy atom. The molecule has 3 aromatic carbocycles. The van der Waals surface area contributed by atoms with Crippen LogP contribution in [0.5, 0.6) is 5.75 Å². The Kier molecular flexibility index (Phi) is 7.07. The molecule has 4 aromatic rings. The van der Waals surface area contributed by atoms with Gasteiger partial charge in [-0.05, 0) is 47.9 Å². The number of thiazole rings is 1. The van der Waals surface area contributed by atoms with Crippen LogP contribution in [-0.2, 0) is 26.2 Å². The van der Waals surface area contributed by atoms with Gasteiger partial charge in [0.15, 0.2) is 0 Å². The first-order chi connectivity index (χ1) is 15.1. The van der Waals surface area contributed by atoms with Gasteiger partial charge in [-0.15, -0.1) is 11.3 Å². The molecule has 0 N–H and O–H groups in total. The zero-order chi connectivity index (χ0) is 21.5. The summed E-state index contributed by atoms with van der Waals surface area (Å²) in [6, 6.07) is 25.1. The topological polar surface area (TPSA) is 25.4 Å². The molecule has 3 nitrogen and oxygen atoms in total. The Morgan fingerprint density at radius 3 is 2.29 bits per heavy atom. The van der Waals surface area contributed by atoms with Crippen LogP contribution in [0.1, 0.15) is 27.4 Å². The zero-order valence-corrected chi connectivity index (χ0v) is 18.3. The maximum absolute atomic E-state index is 13.7. The first kappa shape index (κ1) is 21.2. The minimum absolute atomic E-state index is 0.206. The molecule has 0 aliphatic rings. The van der Waals surface area contributed by atoms with Gasteiger partial charge in [0, 0.05) is 24.2 Å². The van der Waals surface area contributed by atoms with Gasteiger partial charge >= 0.3 is 0 Å². The Morgan fingerprint density at radius 1 is 0.839 bits per heavy atom.